The summed E-state index contributed by atoms with van der Waals surface area (Å²) in [6.07, 6.45) is 3.87. The molecule has 0 N–H and O–H groups in total. The van der Waals surface area contributed by atoms with Crippen LogP contribution in [0.5, 0.6) is 5.75 Å². The van der Waals surface area contributed by atoms with Crippen molar-refractivity contribution in [2.45, 2.75) is 30.6 Å². The minimum atomic E-state index is -3.52. The first-order valence-corrected chi connectivity index (χ1v) is 10.4. The highest BCUT2D eigenvalue weighted by molar-refractivity contribution is 7.89. The third-order valence-corrected chi connectivity index (χ3v) is 6.48. The molecule has 26 heavy (non-hydrogen) atoms. The van der Waals surface area contributed by atoms with E-state index in [1.54, 1.807) is 24.3 Å². The van der Waals surface area contributed by atoms with Crippen LogP contribution in [-0.2, 0) is 10.0 Å². The Kier molecular flexibility index (Phi) is 5.96. The third kappa shape index (κ3) is 4.44. The van der Waals surface area contributed by atoms with E-state index in [1.165, 1.54) is 28.6 Å². The second-order valence-electron chi connectivity index (χ2n) is 6.19. The summed E-state index contributed by atoms with van der Waals surface area (Å²) >= 11 is 5.80. The van der Waals surface area contributed by atoms with Gasteiger partial charge in [0, 0.05) is 18.1 Å². The van der Waals surface area contributed by atoms with Crippen molar-refractivity contribution in [2.24, 2.45) is 0 Å². The highest BCUT2D eigenvalue weighted by Crippen LogP contribution is 2.22. The number of carbonyl (C=O) groups excluding carboxylic acids is 1. The van der Waals surface area contributed by atoms with Gasteiger partial charge in [0.05, 0.1) is 10.5 Å². The van der Waals surface area contributed by atoms with E-state index in [-0.39, 0.29) is 10.5 Å². The molecular formula is C19H20ClNO4S. The number of hydrogen-bond donors (Lipinski definition) is 0. The maximum atomic E-state index is 12.7. The number of esters is 1. The summed E-state index contributed by atoms with van der Waals surface area (Å²) in [7, 11) is -3.52. The van der Waals surface area contributed by atoms with Crippen molar-refractivity contribution in [3.05, 3.63) is 59.1 Å². The molecule has 0 aromatic heterocycles. The molecule has 1 saturated heterocycles. The van der Waals surface area contributed by atoms with Crippen LogP contribution in [0.2, 0.25) is 5.02 Å². The Bertz CT molecular complexity index is 855. The number of halogens is 1. The summed E-state index contributed by atoms with van der Waals surface area (Å²) in [6, 6.07) is 12.3. The van der Waals surface area contributed by atoms with Crippen LogP contribution < -0.4 is 4.74 Å². The van der Waals surface area contributed by atoms with Crippen LogP contribution in [0.3, 0.4) is 0 Å². The fourth-order valence-corrected chi connectivity index (χ4v) is 4.51. The number of benzene rings is 2. The maximum Gasteiger partial charge on any atom is 0.343 e. The topological polar surface area (TPSA) is 63.7 Å². The van der Waals surface area contributed by atoms with Crippen LogP contribution in [0.15, 0.2) is 53.4 Å². The smallest absolute Gasteiger partial charge is 0.343 e. The second-order valence-corrected chi connectivity index (χ2v) is 8.56. The summed E-state index contributed by atoms with van der Waals surface area (Å²) in [6.45, 7) is 1.09. The fraction of sp³-hybridized carbons (Fsp3) is 0.316. The molecule has 138 valence electrons. The predicted molar refractivity (Wildman–Crippen MR) is 100 cm³/mol. The molecule has 0 bridgehead atoms. The van der Waals surface area contributed by atoms with Gasteiger partial charge in [-0.3, -0.25) is 0 Å². The van der Waals surface area contributed by atoms with E-state index >= 15 is 0 Å². The first-order chi connectivity index (χ1) is 12.5. The fourth-order valence-electron chi connectivity index (χ4n) is 2.86. The molecule has 0 spiro atoms. The Morgan fingerprint density at radius 3 is 2.04 bits per heavy atom. The van der Waals surface area contributed by atoms with Gasteiger partial charge in [-0.25, -0.2) is 13.2 Å². The molecule has 0 saturated carbocycles. The van der Waals surface area contributed by atoms with Gasteiger partial charge in [0.1, 0.15) is 5.75 Å². The molecule has 7 heteroatoms. The average Bonchev–Trinajstić information content (AvgIpc) is 2.94. The van der Waals surface area contributed by atoms with Gasteiger partial charge in [0.2, 0.25) is 10.0 Å². The Labute approximate surface area is 158 Å². The summed E-state index contributed by atoms with van der Waals surface area (Å²) in [5.41, 5.74) is 0.287. The summed E-state index contributed by atoms with van der Waals surface area (Å²) in [5, 5.41) is 0.549. The molecule has 3 rings (SSSR count). The molecule has 5 nitrogen and oxygen atoms in total. The number of hydrogen-bond acceptors (Lipinski definition) is 4. The largest absolute Gasteiger partial charge is 0.423 e. The molecule has 0 unspecified atom stereocenters. The first kappa shape index (κ1) is 18.9. The van der Waals surface area contributed by atoms with Gasteiger partial charge in [-0.15, -0.1) is 0 Å². The van der Waals surface area contributed by atoms with Crippen LogP contribution in [0, 0.1) is 0 Å². The van der Waals surface area contributed by atoms with Crippen molar-refractivity contribution in [1.82, 2.24) is 4.31 Å². The van der Waals surface area contributed by atoms with Crippen LogP contribution in [0.4, 0.5) is 0 Å². The molecule has 2 aromatic carbocycles. The number of carbonyl (C=O) groups is 1. The van der Waals surface area contributed by atoms with E-state index in [0.717, 1.165) is 25.7 Å². The van der Waals surface area contributed by atoms with Crippen LogP contribution in [-0.4, -0.2) is 31.8 Å². The molecule has 1 heterocycles. The summed E-state index contributed by atoms with van der Waals surface area (Å²) < 4.78 is 32.3. The first-order valence-electron chi connectivity index (χ1n) is 8.55. The molecule has 1 fully saturated rings. The van der Waals surface area contributed by atoms with Crippen molar-refractivity contribution in [3.8, 4) is 5.75 Å². The molecular weight excluding hydrogens is 374 g/mol. The zero-order chi connectivity index (χ0) is 18.6. The SMILES string of the molecule is O=C(Oc1ccc(Cl)cc1)c1ccc(S(=O)(=O)N2CCCCCC2)cc1. The van der Waals surface area contributed by atoms with E-state index in [2.05, 4.69) is 0 Å². The lowest BCUT2D eigenvalue weighted by Gasteiger charge is -2.19. The molecule has 1 aliphatic rings. The van der Waals surface area contributed by atoms with E-state index in [4.69, 9.17) is 16.3 Å². The molecule has 2 aromatic rings. The minimum absolute atomic E-state index is 0.197. The maximum absolute atomic E-state index is 12.7. The Balaban J connectivity index is 1.72. The Morgan fingerprint density at radius 1 is 0.885 bits per heavy atom. The van der Waals surface area contributed by atoms with Gasteiger partial charge in [-0.1, -0.05) is 24.4 Å². The zero-order valence-corrected chi connectivity index (χ0v) is 15.8. The predicted octanol–water partition coefficient (Wildman–Crippen LogP) is 4.12. The van der Waals surface area contributed by atoms with E-state index in [1.807, 2.05) is 0 Å². The molecule has 0 atom stereocenters. The van der Waals surface area contributed by atoms with Gasteiger partial charge in [0.15, 0.2) is 0 Å². The Hall–Kier alpha value is -1.89. The van der Waals surface area contributed by atoms with Gasteiger partial charge < -0.3 is 4.74 Å². The number of nitrogens with zero attached hydrogens (tertiary/aromatic N) is 1. The van der Waals surface area contributed by atoms with Crippen LogP contribution >= 0.6 is 11.6 Å². The van der Waals surface area contributed by atoms with E-state index < -0.39 is 16.0 Å². The summed E-state index contributed by atoms with van der Waals surface area (Å²) in [4.78, 5) is 12.4. The average molecular weight is 394 g/mol. The van der Waals surface area contributed by atoms with Crippen molar-refractivity contribution < 1.29 is 17.9 Å². The quantitative estimate of drug-likeness (QED) is 0.578. The van der Waals surface area contributed by atoms with Crippen molar-refractivity contribution in [3.63, 3.8) is 0 Å². The number of ether oxygens (including phenoxy) is 1. The number of rotatable bonds is 4. The lowest BCUT2D eigenvalue weighted by Crippen LogP contribution is -2.31. The lowest BCUT2D eigenvalue weighted by molar-refractivity contribution is 0.0734. The monoisotopic (exact) mass is 393 g/mol. The highest BCUT2D eigenvalue weighted by atomic mass is 35.5. The van der Waals surface area contributed by atoms with Crippen LogP contribution in [0.1, 0.15) is 36.0 Å². The second kappa shape index (κ2) is 8.20. The molecule has 1 aliphatic heterocycles. The normalized spacial score (nSPS) is 16.0. The molecule has 0 aliphatic carbocycles. The van der Waals surface area contributed by atoms with Gasteiger partial charge in [-0.2, -0.15) is 4.31 Å². The Morgan fingerprint density at radius 2 is 1.46 bits per heavy atom. The van der Waals surface area contributed by atoms with Crippen LogP contribution in [0.25, 0.3) is 0 Å². The van der Waals surface area contributed by atoms with E-state index in [0.29, 0.717) is 23.9 Å². The lowest BCUT2D eigenvalue weighted by atomic mass is 10.2. The van der Waals surface area contributed by atoms with Gasteiger partial charge >= 0.3 is 5.97 Å². The highest BCUT2D eigenvalue weighted by Gasteiger charge is 2.25. The zero-order valence-electron chi connectivity index (χ0n) is 14.2. The van der Waals surface area contributed by atoms with Crippen molar-refractivity contribution in [1.29, 1.82) is 0 Å². The van der Waals surface area contributed by atoms with Crippen molar-refractivity contribution in [2.75, 3.05) is 13.1 Å². The van der Waals surface area contributed by atoms with E-state index in [9.17, 15) is 13.2 Å². The summed E-state index contributed by atoms with van der Waals surface area (Å²) in [5.74, 6) is -0.174. The van der Waals surface area contributed by atoms with Gasteiger partial charge in [0.25, 0.3) is 0 Å². The minimum Gasteiger partial charge on any atom is -0.423 e. The molecule has 0 radical (unpaired) electrons. The third-order valence-electron chi connectivity index (χ3n) is 4.32. The number of sulfonamides is 1. The molecule has 0 amide bonds. The van der Waals surface area contributed by atoms with Crippen molar-refractivity contribution >= 4 is 27.6 Å². The standard InChI is InChI=1S/C19H20ClNO4S/c20-16-7-9-17(10-8-16)25-19(22)15-5-11-18(12-6-15)26(23,24)21-13-3-1-2-4-14-21/h5-12H,1-4,13-14H2. The van der Waals surface area contributed by atoms with Gasteiger partial charge in [-0.05, 0) is 61.4 Å².